The highest BCUT2D eigenvalue weighted by atomic mass is 16.5. The minimum absolute atomic E-state index is 0.107. The first-order valence-electron chi connectivity index (χ1n) is 6.37. The molecule has 0 aromatic heterocycles. The predicted octanol–water partition coefficient (Wildman–Crippen LogP) is 2.71. The Labute approximate surface area is 122 Å². The summed E-state index contributed by atoms with van der Waals surface area (Å²) in [5.74, 6) is -0.679. The first kappa shape index (κ1) is 14.6. The number of aryl methyl sites for hydroxylation is 1. The van der Waals surface area contributed by atoms with E-state index in [0.29, 0.717) is 11.4 Å². The van der Waals surface area contributed by atoms with Crippen molar-refractivity contribution in [1.82, 2.24) is 0 Å². The molecule has 108 valence electrons. The molecule has 0 aliphatic heterocycles. The third-order valence-electron chi connectivity index (χ3n) is 2.78. The smallest absolute Gasteiger partial charge is 0.335 e. The molecule has 2 rings (SSSR count). The number of aromatic carboxylic acids is 1. The molecule has 5 nitrogen and oxygen atoms in total. The van der Waals surface area contributed by atoms with Crippen LogP contribution in [0.3, 0.4) is 0 Å². The summed E-state index contributed by atoms with van der Waals surface area (Å²) in [6.45, 7) is 1.83. The van der Waals surface area contributed by atoms with Crippen molar-refractivity contribution in [3.8, 4) is 5.75 Å². The van der Waals surface area contributed by atoms with Crippen molar-refractivity contribution in [3.05, 3.63) is 59.7 Å². The fourth-order valence-corrected chi connectivity index (χ4v) is 1.75. The van der Waals surface area contributed by atoms with Crippen LogP contribution in [-0.4, -0.2) is 23.6 Å². The van der Waals surface area contributed by atoms with E-state index in [-0.39, 0.29) is 18.1 Å². The molecule has 2 aromatic carbocycles. The summed E-state index contributed by atoms with van der Waals surface area (Å²) in [5, 5.41) is 11.4. The van der Waals surface area contributed by atoms with Gasteiger partial charge in [0.1, 0.15) is 5.75 Å². The molecule has 0 saturated carbocycles. The number of hydrogen-bond donors (Lipinski definition) is 2. The van der Waals surface area contributed by atoms with E-state index < -0.39 is 5.97 Å². The van der Waals surface area contributed by atoms with Crippen LogP contribution in [0.2, 0.25) is 0 Å². The van der Waals surface area contributed by atoms with Crippen LogP contribution in [0.5, 0.6) is 5.75 Å². The van der Waals surface area contributed by atoms with Crippen molar-refractivity contribution >= 4 is 17.6 Å². The Morgan fingerprint density at radius 2 is 1.86 bits per heavy atom. The lowest BCUT2D eigenvalue weighted by Gasteiger charge is -2.08. The first-order chi connectivity index (χ1) is 10.0. The summed E-state index contributed by atoms with van der Waals surface area (Å²) >= 11 is 0. The molecule has 0 fully saturated rings. The Hall–Kier alpha value is -2.82. The Morgan fingerprint density at radius 3 is 2.48 bits per heavy atom. The molecule has 0 saturated heterocycles. The molecular weight excluding hydrogens is 270 g/mol. The van der Waals surface area contributed by atoms with Gasteiger partial charge in [-0.25, -0.2) is 4.79 Å². The van der Waals surface area contributed by atoms with Crippen molar-refractivity contribution in [2.24, 2.45) is 0 Å². The monoisotopic (exact) mass is 285 g/mol. The molecule has 0 atom stereocenters. The van der Waals surface area contributed by atoms with E-state index >= 15 is 0 Å². The van der Waals surface area contributed by atoms with Crippen LogP contribution in [0.4, 0.5) is 5.69 Å². The van der Waals surface area contributed by atoms with Crippen molar-refractivity contribution in [2.75, 3.05) is 11.9 Å². The maximum atomic E-state index is 11.7. The fourth-order valence-electron chi connectivity index (χ4n) is 1.75. The lowest BCUT2D eigenvalue weighted by atomic mass is 10.2. The third-order valence-corrected chi connectivity index (χ3v) is 2.78. The summed E-state index contributed by atoms with van der Waals surface area (Å²) in [7, 11) is 0. The second kappa shape index (κ2) is 6.56. The second-order valence-corrected chi connectivity index (χ2v) is 4.54. The summed E-state index contributed by atoms with van der Waals surface area (Å²) < 4.78 is 5.38. The number of rotatable bonds is 5. The van der Waals surface area contributed by atoms with Gasteiger partial charge < -0.3 is 15.2 Å². The van der Waals surface area contributed by atoms with Crippen molar-refractivity contribution in [2.45, 2.75) is 6.92 Å². The highest BCUT2D eigenvalue weighted by molar-refractivity contribution is 5.93. The average Bonchev–Trinajstić information content (AvgIpc) is 2.46. The van der Waals surface area contributed by atoms with E-state index in [1.165, 1.54) is 24.3 Å². The van der Waals surface area contributed by atoms with Crippen LogP contribution in [0, 0.1) is 6.92 Å². The third kappa shape index (κ3) is 4.35. The molecule has 5 heteroatoms. The SMILES string of the molecule is Cc1cccc(OCC(=O)Nc2ccc(C(=O)O)cc2)c1. The normalized spacial score (nSPS) is 9.95. The minimum Gasteiger partial charge on any atom is -0.484 e. The maximum absolute atomic E-state index is 11.7. The molecule has 0 unspecified atom stereocenters. The van der Waals surface area contributed by atoms with Gasteiger partial charge in [-0.2, -0.15) is 0 Å². The quantitative estimate of drug-likeness (QED) is 0.885. The molecule has 0 bridgehead atoms. The molecule has 0 spiro atoms. The number of nitrogens with one attached hydrogen (secondary N) is 1. The molecule has 0 radical (unpaired) electrons. The van der Waals surface area contributed by atoms with Crippen LogP contribution in [-0.2, 0) is 4.79 Å². The number of carbonyl (C=O) groups excluding carboxylic acids is 1. The molecule has 2 N–H and O–H groups in total. The van der Waals surface area contributed by atoms with E-state index in [1.807, 2.05) is 25.1 Å². The summed E-state index contributed by atoms with van der Waals surface area (Å²) in [5.41, 5.74) is 1.75. The van der Waals surface area contributed by atoms with Crippen LogP contribution < -0.4 is 10.1 Å². The Kier molecular flexibility index (Phi) is 4.56. The first-order valence-corrected chi connectivity index (χ1v) is 6.37. The van der Waals surface area contributed by atoms with Crippen LogP contribution in [0.25, 0.3) is 0 Å². The van der Waals surface area contributed by atoms with Crippen molar-refractivity contribution in [1.29, 1.82) is 0 Å². The Balaban J connectivity index is 1.88. The van der Waals surface area contributed by atoms with E-state index in [0.717, 1.165) is 5.56 Å². The van der Waals surface area contributed by atoms with E-state index in [4.69, 9.17) is 9.84 Å². The fraction of sp³-hybridized carbons (Fsp3) is 0.125. The molecule has 0 heterocycles. The predicted molar refractivity (Wildman–Crippen MR) is 78.7 cm³/mol. The van der Waals surface area contributed by atoms with E-state index in [1.54, 1.807) is 6.07 Å². The highest BCUT2D eigenvalue weighted by Gasteiger charge is 2.06. The van der Waals surface area contributed by atoms with Gasteiger partial charge in [0.15, 0.2) is 6.61 Å². The number of anilines is 1. The van der Waals surface area contributed by atoms with E-state index in [9.17, 15) is 9.59 Å². The van der Waals surface area contributed by atoms with Gasteiger partial charge in [-0.3, -0.25) is 4.79 Å². The van der Waals surface area contributed by atoms with Gasteiger partial charge >= 0.3 is 5.97 Å². The zero-order valence-corrected chi connectivity index (χ0v) is 11.5. The van der Waals surface area contributed by atoms with Crippen LogP contribution >= 0.6 is 0 Å². The maximum Gasteiger partial charge on any atom is 0.335 e. The number of carboxylic acids is 1. The van der Waals surface area contributed by atoms with Crippen LogP contribution in [0.1, 0.15) is 15.9 Å². The van der Waals surface area contributed by atoms with Crippen LogP contribution in [0.15, 0.2) is 48.5 Å². The molecule has 0 aliphatic carbocycles. The van der Waals surface area contributed by atoms with Crippen molar-refractivity contribution < 1.29 is 19.4 Å². The number of carbonyl (C=O) groups is 2. The number of benzene rings is 2. The van der Waals surface area contributed by atoms with Gasteiger partial charge in [0.05, 0.1) is 5.56 Å². The summed E-state index contributed by atoms with van der Waals surface area (Å²) in [4.78, 5) is 22.5. The molecule has 1 amide bonds. The van der Waals surface area contributed by atoms with Crippen molar-refractivity contribution in [3.63, 3.8) is 0 Å². The largest absolute Gasteiger partial charge is 0.484 e. The Bertz CT molecular complexity index is 650. The Morgan fingerprint density at radius 1 is 1.14 bits per heavy atom. The number of hydrogen-bond acceptors (Lipinski definition) is 3. The number of amides is 1. The van der Waals surface area contributed by atoms with Gasteiger partial charge in [0, 0.05) is 5.69 Å². The molecular formula is C16H15NO4. The topological polar surface area (TPSA) is 75.6 Å². The standard InChI is InChI=1S/C16H15NO4/c1-11-3-2-4-14(9-11)21-10-15(18)17-13-7-5-12(6-8-13)16(19)20/h2-9H,10H2,1H3,(H,17,18)(H,19,20). The van der Waals surface area contributed by atoms with Gasteiger partial charge in [0.2, 0.25) is 0 Å². The summed E-state index contributed by atoms with van der Waals surface area (Å²) in [6.07, 6.45) is 0. The van der Waals surface area contributed by atoms with E-state index in [2.05, 4.69) is 5.32 Å². The molecule has 0 aliphatic rings. The lowest BCUT2D eigenvalue weighted by Crippen LogP contribution is -2.20. The van der Waals surface area contributed by atoms with Gasteiger partial charge in [0.25, 0.3) is 5.91 Å². The minimum atomic E-state index is -1.00. The highest BCUT2D eigenvalue weighted by Crippen LogP contribution is 2.13. The van der Waals surface area contributed by atoms with Gasteiger partial charge in [-0.05, 0) is 48.9 Å². The second-order valence-electron chi connectivity index (χ2n) is 4.54. The zero-order valence-electron chi connectivity index (χ0n) is 11.5. The molecule has 2 aromatic rings. The number of carboxylic acid groups (broad SMARTS) is 1. The summed E-state index contributed by atoms with van der Waals surface area (Å²) in [6, 6.07) is 13.3. The molecule has 21 heavy (non-hydrogen) atoms. The zero-order chi connectivity index (χ0) is 15.2. The number of ether oxygens (including phenoxy) is 1. The van der Waals surface area contributed by atoms with Gasteiger partial charge in [-0.15, -0.1) is 0 Å². The average molecular weight is 285 g/mol. The van der Waals surface area contributed by atoms with Gasteiger partial charge in [-0.1, -0.05) is 12.1 Å². The lowest BCUT2D eigenvalue weighted by molar-refractivity contribution is -0.118.